The Morgan fingerprint density at radius 2 is 1.84 bits per heavy atom. The summed E-state index contributed by atoms with van der Waals surface area (Å²) in [7, 11) is 0. The number of aromatic nitrogens is 2. The van der Waals surface area contributed by atoms with Crippen LogP contribution in [0.25, 0.3) is 0 Å². The molecule has 1 heterocycles. The molecule has 0 spiro atoms. The van der Waals surface area contributed by atoms with Crippen molar-refractivity contribution in [1.82, 2.24) is 9.55 Å². The van der Waals surface area contributed by atoms with Gasteiger partial charge in [0, 0.05) is 6.42 Å². The molecule has 0 saturated heterocycles. The van der Waals surface area contributed by atoms with Crippen LogP contribution in [0.4, 0.5) is 0 Å². The van der Waals surface area contributed by atoms with Crippen molar-refractivity contribution in [3.8, 4) is 5.75 Å². The lowest BCUT2D eigenvalue weighted by Crippen LogP contribution is -2.27. The molecule has 1 aromatic heterocycles. The minimum absolute atomic E-state index is 0.0474. The van der Waals surface area contributed by atoms with E-state index in [-0.39, 0.29) is 31.0 Å². The first-order valence-corrected chi connectivity index (χ1v) is 6.38. The highest BCUT2D eigenvalue weighted by molar-refractivity contribution is 5.96. The molecule has 6 heteroatoms. The molecule has 1 rings (SSSR count). The second kappa shape index (κ2) is 8.42. The standard InChI is InChI=1S/C10H14N2O4.C3H8/c1-3-7(14)8-9(15)10(16)12(4-5-13)6(2)11-8;1-3-2/h13,15H,3-5H2,1-2H3;3H2,1-2H3. The maximum Gasteiger partial charge on any atom is 0.296 e. The molecule has 0 aliphatic heterocycles. The van der Waals surface area contributed by atoms with E-state index in [1.165, 1.54) is 6.42 Å². The third-order valence-corrected chi connectivity index (χ3v) is 2.25. The predicted octanol–water partition coefficient (Wildman–Crippen LogP) is 1.26. The van der Waals surface area contributed by atoms with Gasteiger partial charge in [-0.3, -0.25) is 14.2 Å². The maximum absolute atomic E-state index is 11.6. The summed E-state index contributed by atoms with van der Waals surface area (Å²) in [6.07, 6.45) is 1.42. The number of aliphatic hydroxyl groups excluding tert-OH is 1. The summed E-state index contributed by atoms with van der Waals surface area (Å²) in [5, 5.41) is 18.3. The van der Waals surface area contributed by atoms with E-state index >= 15 is 0 Å². The van der Waals surface area contributed by atoms with Crippen molar-refractivity contribution in [1.29, 1.82) is 0 Å². The number of rotatable bonds is 4. The molecule has 0 atom stereocenters. The lowest BCUT2D eigenvalue weighted by atomic mass is 10.2. The van der Waals surface area contributed by atoms with Gasteiger partial charge in [0.25, 0.3) is 5.56 Å². The van der Waals surface area contributed by atoms with Crippen molar-refractivity contribution in [3.05, 3.63) is 21.9 Å². The van der Waals surface area contributed by atoms with Gasteiger partial charge in [0.2, 0.25) is 5.75 Å². The molecule has 19 heavy (non-hydrogen) atoms. The minimum Gasteiger partial charge on any atom is -0.501 e. The molecule has 0 unspecified atom stereocenters. The van der Waals surface area contributed by atoms with Crippen LogP contribution in [0.2, 0.25) is 0 Å². The van der Waals surface area contributed by atoms with Gasteiger partial charge in [-0.05, 0) is 6.92 Å². The summed E-state index contributed by atoms with van der Waals surface area (Å²) in [5.41, 5.74) is -0.891. The number of carbonyl (C=O) groups is 1. The summed E-state index contributed by atoms with van der Waals surface area (Å²) >= 11 is 0. The second-order valence-electron chi connectivity index (χ2n) is 4.02. The molecular formula is C13H22N2O4. The van der Waals surface area contributed by atoms with Gasteiger partial charge in [0.1, 0.15) is 5.82 Å². The summed E-state index contributed by atoms with van der Waals surface area (Å²) < 4.78 is 1.13. The molecule has 0 radical (unpaired) electrons. The lowest BCUT2D eigenvalue weighted by molar-refractivity contribution is 0.0979. The number of carbonyl (C=O) groups excluding carboxylic acids is 1. The first-order valence-electron chi connectivity index (χ1n) is 6.38. The number of aromatic hydroxyl groups is 1. The molecule has 0 aliphatic rings. The minimum atomic E-state index is -0.696. The van der Waals surface area contributed by atoms with Gasteiger partial charge in [-0.25, -0.2) is 4.98 Å². The average Bonchev–Trinajstić information content (AvgIpc) is 2.39. The molecule has 2 N–H and O–H groups in total. The first kappa shape index (κ1) is 17.3. The number of ketones is 1. The van der Waals surface area contributed by atoms with Crippen LogP contribution in [0.15, 0.2) is 4.79 Å². The van der Waals surface area contributed by atoms with Crippen LogP contribution < -0.4 is 5.56 Å². The average molecular weight is 270 g/mol. The van der Waals surface area contributed by atoms with Crippen molar-refractivity contribution in [3.63, 3.8) is 0 Å². The Balaban J connectivity index is 0.000000982. The van der Waals surface area contributed by atoms with E-state index in [4.69, 9.17) is 5.11 Å². The number of aliphatic hydroxyl groups is 1. The topological polar surface area (TPSA) is 92.4 Å². The molecular weight excluding hydrogens is 248 g/mol. The number of nitrogens with zero attached hydrogens (tertiary/aromatic N) is 2. The van der Waals surface area contributed by atoms with E-state index in [0.717, 1.165) is 4.57 Å². The quantitative estimate of drug-likeness (QED) is 0.803. The van der Waals surface area contributed by atoms with Crippen LogP contribution >= 0.6 is 0 Å². The van der Waals surface area contributed by atoms with Crippen LogP contribution in [-0.4, -0.2) is 32.2 Å². The van der Waals surface area contributed by atoms with Crippen LogP contribution in [-0.2, 0) is 6.54 Å². The fourth-order valence-corrected chi connectivity index (χ4v) is 1.38. The van der Waals surface area contributed by atoms with E-state index in [0.29, 0.717) is 5.82 Å². The molecule has 0 amide bonds. The molecule has 0 saturated carbocycles. The van der Waals surface area contributed by atoms with Gasteiger partial charge in [-0.15, -0.1) is 0 Å². The normalized spacial score (nSPS) is 9.74. The Morgan fingerprint density at radius 3 is 2.26 bits per heavy atom. The van der Waals surface area contributed by atoms with Gasteiger partial charge >= 0.3 is 0 Å². The fraction of sp³-hybridized carbons (Fsp3) is 0.615. The van der Waals surface area contributed by atoms with Crippen molar-refractivity contribution >= 4 is 5.78 Å². The third kappa shape index (κ3) is 4.48. The van der Waals surface area contributed by atoms with Crippen LogP contribution in [0, 0.1) is 6.92 Å². The summed E-state index contributed by atoms with van der Waals surface area (Å²) in [4.78, 5) is 26.9. The number of hydrogen-bond acceptors (Lipinski definition) is 5. The van der Waals surface area contributed by atoms with Gasteiger partial charge < -0.3 is 10.2 Å². The molecule has 1 aromatic rings. The highest BCUT2D eigenvalue weighted by Crippen LogP contribution is 2.11. The van der Waals surface area contributed by atoms with Gasteiger partial charge in [-0.2, -0.15) is 0 Å². The SMILES string of the molecule is CCC.CCC(=O)c1nc(C)n(CCO)c(=O)c1O. The predicted molar refractivity (Wildman–Crippen MR) is 72.6 cm³/mol. The van der Waals surface area contributed by atoms with E-state index in [1.807, 2.05) is 0 Å². The van der Waals surface area contributed by atoms with Crippen LogP contribution in [0.5, 0.6) is 5.75 Å². The van der Waals surface area contributed by atoms with E-state index in [2.05, 4.69) is 18.8 Å². The van der Waals surface area contributed by atoms with Gasteiger partial charge in [0.15, 0.2) is 11.5 Å². The molecule has 108 valence electrons. The number of hydrogen-bond donors (Lipinski definition) is 2. The lowest BCUT2D eigenvalue weighted by Gasteiger charge is -2.10. The Labute approximate surface area is 112 Å². The zero-order valence-corrected chi connectivity index (χ0v) is 11.9. The Morgan fingerprint density at radius 1 is 1.32 bits per heavy atom. The molecule has 6 nitrogen and oxygen atoms in total. The van der Waals surface area contributed by atoms with E-state index in [1.54, 1.807) is 13.8 Å². The van der Waals surface area contributed by atoms with Gasteiger partial charge in [-0.1, -0.05) is 27.2 Å². The molecule has 0 aromatic carbocycles. The van der Waals surface area contributed by atoms with Crippen molar-refractivity contribution in [2.45, 2.75) is 47.1 Å². The monoisotopic (exact) mass is 270 g/mol. The molecule has 0 aliphatic carbocycles. The van der Waals surface area contributed by atoms with Crippen molar-refractivity contribution in [2.24, 2.45) is 0 Å². The molecule has 0 bridgehead atoms. The highest BCUT2D eigenvalue weighted by atomic mass is 16.3. The summed E-state index contributed by atoms with van der Waals surface area (Å²) in [5.74, 6) is -0.728. The first-order chi connectivity index (χ1) is 8.94. The molecule has 0 fully saturated rings. The number of aryl methyl sites for hydroxylation is 1. The van der Waals surface area contributed by atoms with E-state index in [9.17, 15) is 14.7 Å². The van der Waals surface area contributed by atoms with Gasteiger partial charge in [0.05, 0.1) is 13.2 Å². The Hall–Kier alpha value is -1.69. The second-order valence-corrected chi connectivity index (χ2v) is 4.02. The highest BCUT2D eigenvalue weighted by Gasteiger charge is 2.17. The summed E-state index contributed by atoms with van der Waals surface area (Å²) in [6, 6.07) is 0. The maximum atomic E-state index is 11.6. The number of Topliss-reactive ketones (excluding diaryl/α,β-unsaturated/α-hetero) is 1. The van der Waals surface area contributed by atoms with Crippen LogP contribution in [0.3, 0.4) is 0 Å². The fourth-order valence-electron chi connectivity index (χ4n) is 1.38. The summed E-state index contributed by atoms with van der Waals surface area (Å²) in [6.45, 7) is 7.23. The van der Waals surface area contributed by atoms with Crippen molar-refractivity contribution < 1.29 is 15.0 Å². The Kier molecular flexibility index (Phi) is 7.67. The largest absolute Gasteiger partial charge is 0.501 e. The smallest absolute Gasteiger partial charge is 0.296 e. The van der Waals surface area contributed by atoms with Crippen molar-refractivity contribution in [2.75, 3.05) is 6.61 Å². The zero-order chi connectivity index (χ0) is 15.0. The Bertz CT molecular complexity index is 480. The van der Waals surface area contributed by atoms with E-state index < -0.39 is 11.3 Å². The third-order valence-electron chi connectivity index (χ3n) is 2.25. The zero-order valence-electron chi connectivity index (χ0n) is 11.9. The van der Waals surface area contributed by atoms with Crippen LogP contribution in [0.1, 0.15) is 49.9 Å².